The van der Waals surface area contributed by atoms with E-state index in [0.29, 0.717) is 39.0 Å². The molecule has 0 spiro atoms. The van der Waals surface area contributed by atoms with Crippen LogP contribution in [0.4, 0.5) is 4.79 Å². The molecule has 172 valence electrons. The van der Waals surface area contributed by atoms with Crippen LogP contribution in [0.1, 0.15) is 31.2 Å². The molecule has 1 aromatic rings. The van der Waals surface area contributed by atoms with Gasteiger partial charge in [0.2, 0.25) is 15.9 Å². The Morgan fingerprint density at radius 1 is 1.03 bits per heavy atom. The monoisotopic (exact) mass is 450 g/mol. The fourth-order valence-electron chi connectivity index (χ4n) is 4.32. The van der Waals surface area contributed by atoms with Crippen LogP contribution >= 0.6 is 0 Å². The Labute approximate surface area is 185 Å². The Bertz CT molecular complexity index is 877. The van der Waals surface area contributed by atoms with E-state index in [9.17, 15) is 18.0 Å². The molecule has 8 nitrogen and oxygen atoms in total. The molecule has 0 aromatic heterocycles. The quantitative estimate of drug-likeness (QED) is 0.742. The van der Waals surface area contributed by atoms with E-state index in [2.05, 4.69) is 4.72 Å². The van der Waals surface area contributed by atoms with Crippen molar-refractivity contribution in [3.8, 4) is 0 Å². The Balaban J connectivity index is 1.50. The van der Waals surface area contributed by atoms with Crippen molar-refractivity contribution in [2.24, 2.45) is 11.8 Å². The van der Waals surface area contributed by atoms with Crippen molar-refractivity contribution in [1.82, 2.24) is 19.4 Å². The lowest BCUT2D eigenvalue weighted by molar-refractivity contribution is -0.138. The van der Waals surface area contributed by atoms with E-state index in [4.69, 9.17) is 0 Å². The van der Waals surface area contributed by atoms with Gasteiger partial charge in [-0.3, -0.25) is 4.79 Å². The molecule has 2 fully saturated rings. The van der Waals surface area contributed by atoms with Gasteiger partial charge in [-0.1, -0.05) is 17.7 Å². The number of sulfonamides is 1. The molecule has 0 bridgehead atoms. The number of hydrogen-bond acceptors (Lipinski definition) is 4. The van der Waals surface area contributed by atoms with Gasteiger partial charge in [0.1, 0.15) is 0 Å². The van der Waals surface area contributed by atoms with E-state index in [0.717, 1.165) is 24.9 Å². The predicted octanol–water partition coefficient (Wildman–Crippen LogP) is 1.91. The van der Waals surface area contributed by atoms with Crippen LogP contribution in [0, 0.1) is 18.8 Å². The minimum Gasteiger partial charge on any atom is -0.342 e. The van der Waals surface area contributed by atoms with Crippen molar-refractivity contribution in [3.63, 3.8) is 0 Å². The smallest absolute Gasteiger partial charge is 0.319 e. The number of urea groups is 1. The number of aryl methyl sites for hydroxylation is 1. The van der Waals surface area contributed by atoms with Gasteiger partial charge in [-0.25, -0.2) is 17.9 Å². The molecule has 2 aliphatic heterocycles. The number of piperidine rings is 2. The maximum absolute atomic E-state index is 13.0. The van der Waals surface area contributed by atoms with Crippen molar-refractivity contribution in [2.75, 3.05) is 46.8 Å². The first-order valence-electron chi connectivity index (χ1n) is 11.0. The van der Waals surface area contributed by atoms with Gasteiger partial charge in [0.25, 0.3) is 0 Å². The third-order valence-corrected chi connectivity index (χ3v) is 7.66. The summed E-state index contributed by atoms with van der Waals surface area (Å²) in [6.45, 7) is 4.74. The molecule has 3 rings (SSSR count). The molecule has 2 heterocycles. The Kier molecular flexibility index (Phi) is 7.59. The number of rotatable bonds is 5. The van der Waals surface area contributed by atoms with Gasteiger partial charge < -0.3 is 14.7 Å². The second-order valence-electron chi connectivity index (χ2n) is 8.90. The minimum absolute atomic E-state index is 0.00945. The topological polar surface area (TPSA) is 90.0 Å². The van der Waals surface area contributed by atoms with Crippen LogP contribution in [0.3, 0.4) is 0 Å². The Hall–Kier alpha value is -2.13. The fraction of sp³-hybridized carbons (Fsp3) is 0.636. The molecule has 0 aliphatic carbocycles. The number of nitrogens with one attached hydrogen (secondary N) is 1. The molecular weight excluding hydrogens is 416 g/mol. The van der Waals surface area contributed by atoms with Gasteiger partial charge >= 0.3 is 6.03 Å². The highest BCUT2D eigenvalue weighted by Gasteiger charge is 2.33. The van der Waals surface area contributed by atoms with Crippen LogP contribution in [-0.2, 0) is 14.8 Å². The fourth-order valence-corrected chi connectivity index (χ4v) is 5.44. The number of hydrogen-bond donors (Lipinski definition) is 1. The first-order chi connectivity index (χ1) is 14.7. The standard InChI is InChI=1S/C22H34N4O4S/c1-17-6-8-20(9-7-17)31(29,30)23-15-18-5-4-12-26(16-18)21(27)19-10-13-25(14-11-19)22(28)24(2)3/h6-9,18-19,23H,4-5,10-16H2,1-3H3. The highest BCUT2D eigenvalue weighted by molar-refractivity contribution is 7.89. The van der Waals surface area contributed by atoms with Gasteiger partial charge in [-0.2, -0.15) is 0 Å². The summed E-state index contributed by atoms with van der Waals surface area (Å²) in [5, 5.41) is 0. The van der Waals surface area contributed by atoms with Gasteiger partial charge in [0, 0.05) is 52.7 Å². The summed E-state index contributed by atoms with van der Waals surface area (Å²) in [4.78, 5) is 30.6. The third kappa shape index (κ3) is 5.98. The molecule has 0 saturated carbocycles. The number of carbonyl (C=O) groups excluding carboxylic acids is 2. The maximum Gasteiger partial charge on any atom is 0.319 e. The largest absolute Gasteiger partial charge is 0.342 e. The molecule has 1 aromatic carbocycles. The lowest BCUT2D eigenvalue weighted by Crippen LogP contribution is -2.49. The van der Waals surface area contributed by atoms with E-state index in [1.165, 1.54) is 0 Å². The maximum atomic E-state index is 13.0. The van der Waals surface area contributed by atoms with Crippen molar-refractivity contribution >= 4 is 22.0 Å². The summed E-state index contributed by atoms with van der Waals surface area (Å²) in [7, 11) is -0.0776. The molecular formula is C22H34N4O4S. The number of benzene rings is 1. The van der Waals surface area contributed by atoms with E-state index in [1.54, 1.807) is 48.2 Å². The normalized spacial score (nSPS) is 20.5. The second kappa shape index (κ2) is 9.99. The first kappa shape index (κ1) is 23.5. The zero-order chi connectivity index (χ0) is 22.6. The lowest BCUT2D eigenvalue weighted by Gasteiger charge is -2.38. The SMILES string of the molecule is Cc1ccc(S(=O)(=O)NCC2CCCN(C(=O)C3CCN(C(=O)N(C)C)CC3)C2)cc1. The van der Waals surface area contributed by atoms with Gasteiger partial charge in [-0.05, 0) is 50.7 Å². The Morgan fingerprint density at radius 3 is 2.29 bits per heavy atom. The molecule has 0 radical (unpaired) electrons. The van der Waals surface area contributed by atoms with Crippen LogP contribution < -0.4 is 4.72 Å². The summed E-state index contributed by atoms with van der Waals surface area (Å²) >= 11 is 0. The molecule has 2 saturated heterocycles. The van der Waals surface area contributed by atoms with E-state index in [-0.39, 0.29) is 28.7 Å². The summed E-state index contributed by atoms with van der Waals surface area (Å²) in [5.41, 5.74) is 1.01. The van der Waals surface area contributed by atoms with Crippen molar-refractivity contribution in [3.05, 3.63) is 29.8 Å². The molecule has 9 heteroatoms. The first-order valence-corrected chi connectivity index (χ1v) is 12.5. The molecule has 3 amide bonds. The van der Waals surface area contributed by atoms with Crippen LogP contribution in [0.15, 0.2) is 29.2 Å². The highest BCUT2D eigenvalue weighted by Crippen LogP contribution is 2.24. The summed E-state index contributed by atoms with van der Waals surface area (Å²) in [6, 6.07) is 6.79. The summed E-state index contributed by atoms with van der Waals surface area (Å²) in [6.07, 6.45) is 3.13. The minimum atomic E-state index is -3.55. The van der Waals surface area contributed by atoms with E-state index in [1.807, 2.05) is 11.8 Å². The number of amides is 3. The molecule has 31 heavy (non-hydrogen) atoms. The predicted molar refractivity (Wildman–Crippen MR) is 119 cm³/mol. The van der Waals surface area contributed by atoms with E-state index < -0.39 is 10.0 Å². The van der Waals surface area contributed by atoms with Crippen LogP contribution in [0.25, 0.3) is 0 Å². The third-order valence-electron chi connectivity index (χ3n) is 6.22. The average molecular weight is 451 g/mol. The van der Waals surface area contributed by atoms with Crippen LogP contribution in [0.2, 0.25) is 0 Å². The number of nitrogens with zero attached hydrogens (tertiary/aromatic N) is 3. The van der Waals surface area contributed by atoms with Crippen LogP contribution in [0.5, 0.6) is 0 Å². The van der Waals surface area contributed by atoms with Gasteiger partial charge in [0.05, 0.1) is 4.90 Å². The number of carbonyl (C=O) groups is 2. The second-order valence-corrected chi connectivity index (χ2v) is 10.7. The average Bonchev–Trinajstić information content (AvgIpc) is 2.77. The molecule has 1 atom stereocenters. The van der Waals surface area contributed by atoms with Gasteiger partial charge in [-0.15, -0.1) is 0 Å². The zero-order valence-electron chi connectivity index (χ0n) is 18.7. The van der Waals surface area contributed by atoms with Crippen LogP contribution in [-0.4, -0.2) is 81.9 Å². The molecule has 1 N–H and O–H groups in total. The molecule has 2 aliphatic rings. The summed E-state index contributed by atoms with van der Waals surface area (Å²) < 4.78 is 27.8. The highest BCUT2D eigenvalue weighted by atomic mass is 32.2. The van der Waals surface area contributed by atoms with E-state index >= 15 is 0 Å². The molecule has 1 unspecified atom stereocenters. The van der Waals surface area contributed by atoms with Gasteiger partial charge in [0.15, 0.2) is 0 Å². The summed E-state index contributed by atoms with van der Waals surface area (Å²) in [5.74, 6) is 0.186. The lowest BCUT2D eigenvalue weighted by atomic mass is 9.92. The number of likely N-dealkylation sites (tertiary alicyclic amines) is 2. The zero-order valence-corrected chi connectivity index (χ0v) is 19.5. The van der Waals surface area contributed by atoms with Crippen molar-refractivity contribution in [2.45, 2.75) is 37.5 Å². The van der Waals surface area contributed by atoms with Crippen molar-refractivity contribution < 1.29 is 18.0 Å². The Morgan fingerprint density at radius 2 is 1.68 bits per heavy atom. The van der Waals surface area contributed by atoms with Crippen molar-refractivity contribution in [1.29, 1.82) is 0 Å².